The van der Waals surface area contributed by atoms with Crippen LogP contribution in [-0.2, 0) is 6.54 Å². The first-order chi connectivity index (χ1) is 11.0. The number of aromatic nitrogens is 2. The van der Waals surface area contributed by atoms with Gasteiger partial charge in [-0.05, 0) is 25.8 Å². The number of hydrogen-bond acceptors (Lipinski definition) is 3. The van der Waals surface area contributed by atoms with E-state index < -0.39 is 0 Å². The molecule has 5 nitrogen and oxygen atoms in total. The minimum absolute atomic E-state index is 0.0968. The zero-order valence-electron chi connectivity index (χ0n) is 14.1. The second kappa shape index (κ2) is 6.07. The molecule has 0 saturated carbocycles. The van der Waals surface area contributed by atoms with E-state index in [-0.39, 0.29) is 11.9 Å². The Hall–Kier alpha value is -2.30. The summed E-state index contributed by atoms with van der Waals surface area (Å²) >= 11 is 0. The molecular weight excluding hydrogens is 290 g/mol. The molecule has 1 aromatic heterocycles. The molecular formula is C18H23N3O2. The maximum atomic E-state index is 12.6. The number of carbonyl (C=O) groups excluding carboxylic acids is 1. The summed E-state index contributed by atoms with van der Waals surface area (Å²) in [5, 5.41) is 7.40. The van der Waals surface area contributed by atoms with E-state index >= 15 is 0 Å². The minimum Gasteiger partial charge on any atom is -0.491 e. The Kier molecular flexibility index (Phi) is 4.11. The molecule has 2 heterocycles. The Morgan fingerprint density at radius 2 is 2.22 bits per heavy atom. The van der Waals surface area contributed by atoms with Crippen LogP contribution in [0.2, 0.25) is 0 Å². The Labute approximate surface area is 136 Å². The number of carbonyl (C=O) groups is 1. The molecule has 2 aromatic rings. The Morgan fingerprint density at radius 1 is 1.43 bits per heavy atom. The van der Waals surface area contributed by atoms with Gasteiger partial charge < -0.3 is 10.1 Å². The third-order valence-corrected chi connectivity index (χ3v) is 4.14. The van der Waals surface area contributed by atoms with Crippen molar-refractivity contribution < 1.29 is 9.53 Å². The molecule has 23 heavy (non-hydrogen) atoms. The van der Waals surface area contributed by atoms with E-state index in [0.29, 0.717) is 18.1 Å². The second-order valence-electron chi connectivity index (χ2n) is 6.60. The highest BCUT2D eigenvalue weighted by Crippen LogP contribution is 2.33. The fourth-order valence-corrected chi connectivity index (χ4v) is 2.89. The third-order valence-electron chi connectivity index (χ3n) is 4.14. The van der Waals surface area contributed by atoms with Crippen LogP contribution >= 0.6 is 0 Å². The summed E-state index contributed by atoms with van der Waals surface area (Å²) in [5.74, 6) is 1.25. The van der Waals surface area contributed by atoms with E-state index in [1.165, 1.54) is 0 Å². The second-order valence-corrected chi connectivity index (χ2v) is 6.60. The van der Waals surface area contributed by atoms with Crippen molar-refractivity contribution in [2.24, 2.45) is 5.92 Å². The van der Waals surface area contributed by atoms with Crippen molar-refractivity contribution in [2.75, 3.05) is 6.61 Å². The largest absolute Gasteiger partial charge is 0.491 e. The van der Waals surface area contributed by atoms with Crippen LogP contribution in [0.4, 0.5) is 0 Å². The topological polar surface area (TPSA) is 56.2 Å². The number of benzene rings is 1. The molecule has 1 atom stereocenters. The highest BCUT2D eigenvalue weighted by Gasteiger charge is 2.27. The maximum absolute atomic E-state index is 12.6. The summed E-state index contributed by atoms with van der Waals surface area (Å²) < 4.78 is 7.55. The molecule has 0 bridgehead atoms. The van der Waals surface area contributed by atoms with Gasteiger partial charge in [-0.3, -0.25) is 9.48 Å². The van der Waals surface area contributed by atoms with Crippen LogP contribution in [0.1, 0.15) is 47.1 Å². The number of ether oxygens (including phenoxy) is 1. The Balaban J connectivity index is 1.76. The van der Waals surface area contributed by atoms with Crippen LogP contribution in [0, 0.1) is 19.8 Å². The molecule has 122 valence electrons. The average Bonchev–Trinajstić information content (AvgIpc) is 3.03. The fourth-order valence-electron chi connectivity index (χ4n) is 2.89. The predicted molar refractivity (Wildman–Crippen MR) is 88.7 cm³/mol. The van der Waals surface area contributed by atoms with Crippen molar-refractivity contribution in [2.45, 2.75) is 40.3 Å². The summed E-state index contributed by atoms with van der Waals surface area (Å²) in [4.78, 5) is 12.6. The van der Waals surface area contributed by atoms with Crippen molar-refractivity contribution >= 4 is 5.91 Å². The van der Waals surface area contributed by atoms with Gasteiger partial charge in [-0.1, -0.05) is 31.5 Å². The van der Waals surface area contributed by atoms with Gasteiger partial charge in [-0.2, -0.15) is 5.10 Å². The molecule has 0 radical (unpaired) electrons. The minimum atomic E-state index is -0.106. The molecule has 1 aliphatic heterocycles. The zero-order valence-corrected chi connectivity index (χ0v) is 14.1. The first kappa shape index (κ1) is 15.6. The van der Waals surface area contributed by atoms with Gasteiger partial charge in [-0.25, -0.2) is 0 Å². The smallest absolute Gasteiger partial charge is 0.255 e. The van der Waals surface area contributed by atoms with Crippen LogP contribution < -0.4 is 10.1 Å². The van der Waals surface area contributed by atoms with E-state index in [1.54, 1.807) is 6.20 Å². The van der Waals surface area contributed by atoms with Crippen LogP contribution in [0.25, 0.3) is 0 Å². The molecule has 0 saturated heterocycles. The van der Waals surface area contributed by atoms with Gasteiger partial charge in [0.2, 0.25) is 0 Å². The van der Waals surface area contributed by atoms with Crippen molar-refractivity contribution in [3.63, 3.8) is 0 Å². The van der Waals surface area contributed by atoms with E-state index in [2.05, 4.69) is 30.3 Å². The first-order valence-corrected chi connectivity index (χ1v) is 8.02. The molecule has 0 spiro atoms. The summed E-state index contributed by atoms with van der Waals surface area (Å²) in [6, 6.07) is 5.94. The van der Waals surface area contributed by atoms with Gasteiger partial charge in [-0.15, -0.1) is 0 Å². The molecule has 0 aliphatic carbocycles. The van der Waals surface area contributed by atoms with Gasteiger partial charge in [0.05, 0.1) is 17.8 Å². The number of nitrogens with one attached hydrogen (secondary N) is 1. The van der Waals surface area contributed by atoms with Crippen molar-refractivity contribution in [3.05, 3.63) is 46.8 Å². The van der Waals surface area contributed by atoms with Crippen LogP contribution in [-0.4, -0.2) is 22.3 Å². The van der Waals surface area contributed by atoms with E-state index in [4.69, 9.17) is 4.74 Å². The third kappa shape index (κ3) is 3.09. The van der Waals surface area contributed by atoms with Crippen LogP contribution in [0.15, 0.2) is 24.4 Å². The van der Waals surface area contributed by atoms with E-state index in [9.17, 15) is 4.79 Å². The van der Waals surface area contributed by atoms with Crippen LogP contribution in [0.5, 0.6) is 5.75 Å². The highest BCUT2D eigenvalue weighted by atomic mass is 16.5. The molecule has 1 unspecified atom stereocenters. The standard InChI is InChI=1S/C18H23N3O2/c1-11(2)9-21-13(4)15(8-19-21)18(22)20-16-10-23-17-6-5-12(3)7-14(16)17/h5-8,11,16H,9-10H2,1-4H3,(H,20,22). The molecule has 1 amide bonds. The molecule has 1 N–H and O–H groups in total. The number of amides is 1. The number of hydrogen-bond donors (Lipinski definition) is 1. The summed E-state index contributed by atoms with van der Waals surface area (Å²) in [7, 11) is 0. The van der Waals surface area contributed by atoms with Gasteiger partial charge in [0, 0.05) is 17.8 Å². The summed E-state index contributed by atoms with van der Waals surface area (Å²) in [6.45, 7) is 9.54. The van der Waals surface area contributed by atoms with Gasteiger partial charge >= 0.3 is 0 Å². The molecule has 5 heteroatoms. The number of rotatable bonds is 4. The molecule has 1 aliphatic rings. The first-order valence-electron chi connectivity index (χ1n) is 8.02. The van der Waals surface area contributed by atoms with Crippen LogP contribution in [0.3, 0.4) is 0 Å². The monoisotopic (exact) mass is 313 g/mol. The number of aryl methyl sites for hydroxylation is 1. The molecule has 3 rings (SSSR count). The number of fused-ring (bicyclic) bond motifs is 1. The molecule has 1 aromatic carbocycles. The predicted octanol–water partition coefficient (Wildman–Crippen LogP) is 3.02. The highest BCUT2D eigenvalue weighted by molar-refractivity contribution is 5.95. The van der Waals surface area contributed by atoms with Crippen molar-refractivity contribution in [3.8, 4) is 5.75 Å². The zero-order chi connectivity index (χ0) is 16.6. The lowest BCUT2D eigenvalue weighted by atomic mass is 10.1. The van der Waals surface area contributed by atoms with Gasteiger partial charge in [0.25, 0.3) is 5.91 Å². The fraction of sp³-hybridized carbons (Fsp3) is 0.444. The maximum Gasteiger partial charge on any atom is 0.255 e. The van der Waals surface area contributed by atoms with E-state index in [1.807, 2.05) is 30.7 Å². The Morgan fingerprint density at radius 3 is 2.96 bits per heavy atom. The normalized spacial score (nSPS) is 16.3. The quantitative estimate of drug-likeness (QED) is 0.944. The Bertz CT molecular complexity index is 734. The molecule has 0 fully saturated rings. The van der Waals surface area contributed by atoms with Crippen molar-refractivity contribution in [1.29, 1.82) is 0 Å². The lowest BCUT2D eigenvalue weighted by Gasteiger charge is -2.12. The summed E-state index contributed by atoms with van der Waals surface area (Å²) in [6.07, 6.45) is 1.65. The average molecular weight is 313 g/mol. The summed E-state index contributed by atoms with van der Waals surface area (Å²) in [5.41, 5.74) is 3.74. The van der Waals surface area contributed by atoms with Crippen molar-refractivity contribution in [1.82, 2.24) is 15.1 Å². The van der Waals surface area contributed by atoms with Gasteiger partial charge in [0.1, 0.15) is 12.4 Å². The lowest BCUT2D eigenvalue weighted by molar-refractivity contribution is 0.0929. The lowest BCUT2D eigenvalue weighted by Crippen LogP contribution is -2.29. The van der Waals surface area contributed by atoms with Gasteiger partial charge in [0.15, 0.2) is 0 Å². The SMILES string of the molecule is Cc1ccc2c(c1)C(NC(=O)c1cnn(CC(C)C)c1C)CO2. The number of nitrogens with zero attached hydrogens (tertiary/aromatic N) is 2. The van der Waals surface area contributed by atoms with E-state index in [0.717, 1.165) is 29.1 Å².